The van der Waals surface area contributed by atoms with Crippen LogP contribution < -0.4 is 10.6 Å². The van der Waals surface area contributed by atoms with E-state index in [0.29, 0.717) is 17.8 Å². The van der Waals surface area contributed by atoms with E-state index in [1.54, 1.807) is 0 Å². The molecule has 0 radical (unpaired) electrons. The van der Waals surface area contributed by atoms with E-state index in [1.165, 1.54) is 24.8 Å². The number of carbonyl (C=O) groups excluding carboxylic acids is 3. The van der Waals surface area contributed by atoms with Crippen molar-refractivity contribution in [2.45, 2.75) is 70.3 Å². The molecule has 172 valence electrons. The molecule has 6 nitrogen and oxygen atoms in total. The first-order chi connectivity index (χ1) is 15.5. The number of benzene rings is 1. The van der Waals surface area contributed by atoms with E-state index < -0.39 is 5.97 Å². The molecule has 6 heteroatoms. The highest BCUT2D eigenvalue weighted by Crippen LogP contribution is 2.60. The van der Waals surface area contributed by atoms with Crippen LogP contribution in [0, 0.1) is 23.2 Å². The molecular formula is C26H34N2O4. The van der Waals surface area contributed by atoms with Gasteiger partial charge in [0, 0.05) is 12.0 Å². The Morgan fingerprint density at radius 3 is 2.41 bits per heavy atom. The molecule has 5 aliphatic rings. The zero-order valence-electron chi connectivity index (χ0n) is 18.7. The van der Waals surface area contributed by atoms with Crippen molar-refractivity contribution in [1.29, 1.82) is 0 Å². The van der Waals surface area contributed by atoms with Gasteiger partial charge in [-0.3, -0.25) is 14.4 Å². The molecule has 1 aromatic rings. The monoisotopic (exact) mass is 438 g/mol. The number of amides is 2. The Morgan fingerprint density at radius 1 is 1.00 bits per heavy atom. The fourth-order valence-corrected chi connectivity index (χ4v) is 7.21. The molecule has 4 saturated carbocycles. The largest absolute Gasteiger partial charge is 0.456 e. The van der Waals surface area contributed by atoms with E-state index in [-0.39, 0.29) is 42.8 Å². The zero-order chi connectivity index (χ0) is 22.1. The van der Waals surface area contributed by atoms with Crippen molar-refractivity contribution in [3.05, 3.63) is 35.4 Å². The SMILES string of the molecule is O=C(COC(=O)CCNC(=O)C12CC3CC(CC(C3)C1)C2)NC1CCCc2ccccc21. The summed E-state index contributed by atoms with van der Waals surface area (Å²) in [5, 5.41) is 5.99. The molecule has 1 aromatic carbocycles. The van der Waals surface area contributed by atoms with Gasteiger partial charge in [-0.2, -0.15) is 0 Å². The van der Waals surface area contributed by atoms with Gasteiger partial charge in [0.1, 0.15) is 0 Å². The van der Waals surface area contributed by atoms with Crippen molar-refractivity contribution in [3.8, 4) is 0 Å². The fraction of sp³-hybridized carbons (Fsp3) is 0.654. The molecule has 1 atom stereocenters. The number of hydrogen-bond acceptors (Lipinski definition) is 4. The number of carbonyl (C=O) groups is 3. The second kappa shape index (κ2) is 8.87. The van der Waals surface area contributed by atoms with Crippen molar-refractivity contribution in [3.63, 3.8) is 0 Å². The lowest BCUT2D eigenvalue weighted by atomic mass is 9.49. The number of esters is 1. The Kier molecular flexibility index (Phi) is 5.95. The van der Waals surface area contributed by atoms with Gasteiger partial charge in [0.2, 0.25) is 5.91 Å². The third-order valence-corrected chi connectivity index (χ3v) is 8.20. The van der Waals surface area contributed by atoms with Crippen LogP contribution >= 0.6 is 0 Å². The van der Waals surface area contributed by atoms with Crippen LogP contribution in [0.1, 0.15) is 75.0 Å². The molecule has 0 aliphatic heterocycles. The second-order valence-corrected chi connectivity index (χ2v) is 10.6. The number of fused-ring (bicyclic) bond motifs is 1. The van der Waals surface area contributed by atoms with Crippen LogP contribution in [-0.4, -0.2) is 30.9 Å². The first-order valence-corrected chi connectivity index (χ1v) is 12.3. The maximum absolute atomic E-state index is 12.9. The van der Waals surface area contributed by atoms with E-state index in [1.807, 2.05) is 12.1 Å². The minimum absolute atomic E-state index is 0.0225. The van der Waals surface area contributed by atoms with Gasteiger partial charge in [-0.1, -0.05) is 24.3 Å². The van der Waals surface area contributed by atoms with E-state index in [2.05, 4.69) is 22.8 Å². The minimum atomic E-state index is -0.449. The number of hydrogen-bond donors (Lipinski definition) is 2. The van der Waals surface area contributed by atoms with Gasteiger partial charge in [0.15, 0.2) is 6.61 Å². The van der Waals surface area contributed by atoms with Crippen LogP contribution in [0.25, 0.3) is 0 Å². The average Bonchev–Trinajstić information content (AvgIpc) is 2.77. The van der Waals surface area contributed by atoms with Crippen LogP contribution in [-0.2, 0) is 25.5 Å². The molecule has 1 unspecified atom stereocenters. The standard InChI is InChI=1S/C26H34N2O4/c29-23(28-22-7-3-5-20-4-1-2-6-21(20)22)16-32-24(30)8-9-27-25(31)26-13-17-10-18(14-26)12-19(11-17)15-26/h1-2,4,6,17-19,22H,3,5,7-16H2,(H,27,31)(H,28,29). The third-order valence-electron chi connectivity index (χ3n) is 8.20. The maximum Gasteiger partial charge on any atom is 0.308 e. The fourth-order valence-electron chi connectivity index (χ4n) is 7.21. The lowest BCUT2D eigenvalue weighted by molar-refractivity contribution is -0.149. The molecular weight excluding hydrogens is 404 g/mol. The van der Waals surface area contributed by atoms with Crippen molar-refractivity contribution in [1.82, 2.24) is 10.6 Å². The Hall–Kier alpha value is -2.37. The predicted molar refractivity (Wildman–Crippen MR) is 119 cm³/mol. The summed E-state index contributed by atoms with van der Waals surface area (Å²) in [5.74, 6) is 1.54. The normalized spacial score (nSPS) is 32.1. The molecule has 4 bridgehead atoms. The predicted octanol–water partition coefficient (Wildman–Crippen LogP) is 3.45. The smallest absolute Gasteiger partial charge is 0.308 e. The van der Waals surface area contributed by atoms with Crippen LogP contribution in [0.4, 0.5) is 0 Å². The van der Waals surface area contributed by atoms with Crippen LogP contribution in [0.5, 0.6) is 0 Å². The van der Waals surface area contributed by atoms with E-state index in [4.69, 9.17) is 4.74 Å². The maximum atomic E-state index is 12.9. The number of nitrogens with one attached hydrogen (secondary N) is 2. The third kappa shape index (κ3) is 4.41. The molecule has 0 heterocycles. The van der Waals surface area contributed by atoms with Gasteiger partial charge in [0.05, 0.1) is 12.5 Å². The summed E-state index contributed by atoms with van der Waals surface area (Å²) in [7, 11) is 0. The van der Waals surface area contributed by atoms with Gasteiger partial charge < -0.3 is 15.4 Å². The summed E-state index contributed by atoms with van der Waals surface area (Å²) in [6.07, 6.45) is 10.00. The molecule has 4 fully saturated rings. The van der Waals surface area contributed by atoms with E-state index >= 15 is 0 Å². The van der Waals surface area contributed by atoms with Crippen molar-refractivity contribution in [2.75, 3.05) is 13.2 Å². The van der Waals surface area contributed by atoms with Crippen LogP contribution in [0.15, 0.2) is 24.3 Å². The Morgan fingerprint density at radius 2 is 1.69 bits per heavy atom. The molecule has 2 N–H and O–H groups in total. The topological polar surface area (TPSA) is 84.5 Å². The quantitative estimate of drug-likeness (QED) is 0.639. The van der Waals surface area contributed by atoms with Crippen molar-refractivity contribution >= 4 is 17.8 Å². The average molecular weight is 439 g/mol. The molecule has 5 aliphatic carbocycles. The summed E-state index contributed by atoms with van der Waals surface area (Å²) in [5.41, 5.74) is 2.23. The highest BCUT2D eigenvalue weighted by molar-refractivity contribution is 5.84. The van der Waals surface area contributed by atoms with Gasteiger partial charge >= 0.3 is 5.97 Å². The van der Waals surface area contributed by atoms with Gasteiger partial charge in [-0.25, -0.2) is 0 Å². The molecule has 0 aromatic heterocycles. The summed E-state index contributed by atoms with van der Waals surface area (Å²) in [4.78, 5) is 37.4. The number of rotatable bonds is 7. The lowest BCUT2D eigenvalue weighted by Crippen LogP contribution is -2.53. The highest BCUT2D eigenvalue weighted by atomic mass is 16.5. The molecule has 2 amide bonds. The molecule has 32 heavy (non-hydrogen) atoms. The zero-order valence-corrected chi connectivity index (χ0v) is 18.7. The number of aryl methyl sites for hydroxylation is 1. The van der Waals surface area contributed by atoms with Crippen molar-refractivity contribution < 1.29 is 19.1 Å². The highest BCUT2D eigenvalue weighted by Gasteiger charge is 2.54. The van der Waals surface area contributed by atoms with E-state index in [0.717, 1.165) is 44.1 Å². The first-order valence-electron chi connectivity index (χ1n) is 12.3. The summed E-state index contributed by atoms with van der Waals surface area (Å²) in [6, 6.07) is 8.14. The number of ether oxygens (including phenoxy) is 1. The lowest BCUT2D eigenvalue weighted by Gasteiger charge is -2.55. The Balaban J connectivity index is 1.03. The van der Waals surface area contributed by atoms with Crippen LogP contribution in [0.3, 0.4) is 0 Å². The van der Waals surface area contributed by atoms with E-state index in [9.17, 15) is 14.4 Å². The summed E-state index contributed by atoms with van der Waals surface area (Å²) < 4.78 is 5.16. The minimum Gasteiger partial charge on any atom is -0.456 e. The second-order valence-electron chi connectivity index (χ2n) is 10.6. The van der Waals surface area contributed by atoms with Crippen LogP contribution in [0.2, 0.25) is 0 Å². The molecule has 6 rings (SSSR count). The molecule has 0 spiro atoms. The Bertz CT molecular complexity index is 860. The summed E-state index contributed by atoms with van der Waals surface area (Å²) >= 11 is 0. The van der Waals surface area contributed by atoms with Gasteiger partial charge in [-0.05, 0) is 86.7 Å². The first kappa shape index (κ1) is 21.5. The molecule has 0 saturated heterocycles. The van der Waals surface area contributed by atoms with Gasteiger partial charge in [0.25, 0.3) is 5.91 Å². The van der Waals surface area contributed by atoms with Gasteiger partial charge in [-0.15, -0.1) is 0 Å². The Labute approximate surface area is 189 Å². The summed E-state index contributed by atoms with van der Waals surface area (Å²) in [6.45, 7) is -0.00252. The van der Waals surface area contributed by atoms with Crippen molar-refractivity contribution in [2.24, 2.45) is 23.2 Å².